The highest BCUT2D eigenvalue weighted by Gasteiger charge is 2.12. The van der Waals surface area contributed by atoms with Crippen molar-refractivity contribution in [2.75, 3.05) is 5.32 Å². The molecule has 2 aromatic carbocycles. The summed E-state index contributed by atoms with van der Waals surface area (Å²) in [7, 11) is 0. The second kappa shape index (κ2) is 7.55. The van der Waals surface area contributed by atoms with Crippen LogP contribution in [0.25, 0.3) is 0 Å². The lowest BCUT2D eigenvalue weighted by Gasteiger charge is -2.07. The van der Waals surface area contributed by atoms with E-state index in [-0.39, 0.29) is 0 Å². The normalized spacial score (nSPS) is 10.7. The number of benzene rings is 2. The number of hydrazone groups is 1. The maximum Gasteiger partial charge on any atom is 0.329 e. The number of rotatable bonds is 3. The Kier molecular flexibility index (Phi) is 5.47. The average Bonchev–Trinajstić information content (AvgIpc) is 2.49. The number of carbonyl (C=O) groups excluding carboxylic acids is 2. The SMILES string of the molecule is Cc1cccc(NC(=O)C(=O)N/N=C\c2c(C)cc(C)cc2C)c1. The predicted molar refractivity (Wildman–Crippen MR) is 96.2 cm³/mol. The van der Waals surface area contributed by atoms with Crippen molar-refractivity contribution >= 4 is 23.7 Å². The van der Waals surface area contributed by atoms with Crippen LogP contribution in [0.4, 0.5) is 5.69 Å². The monoisotopic (exact) mass is 323 g/mol. The van der Waals surface area contributed by atoms with E-state index in [4.69, 9.17) is 0 Å². The van der Waals surface area contributed by atoms with Crippen LogP contribution in [0.3, 0.4) is 0 Å². The topological polar surface area (TPSA) is 70.6 Å². The molecular weight excluding hydrogens is 302 g/mol. The van der Waals surface area contributed by atoms with E-state index >= 15 is 0 Å². The van der Waals surface area contributed by atoms with E-state index < -0.39 is 11.8 Å². The fourth-order valence-corrected chi connectivity index (χ4v) is 2.51. The standard InChI is InChI=1S/C19H21N3O2/c1-12-6-5-7-16(10-12)21-18(23)19(24)22-20-11-17-14(3)8-13(2)9-15(17)4/h5-11H,1-4H3,(H,21,23)(H,22,24)/b20-11-. The number of nitrogens with zero attached hydrogens (tertiary/aromatic N) is 1. The lowest BCUT2D eigenvalue weighted by molar-refractivity contribution is -0.136. The molecule has 0 atom stereocenters. The van der Waals surface area contributed by atoms with Crippen molar-refractivity contribution in [2.24, 2.45) is 5.10 Å². The minimum Gasteiger partial charge on any atom is -0.318 e. The number of amides is 2. The van der Waals surface area contributed by atoms with Gasteiger partial charge in [-0.15, -0.1) is 0 Å². The molecule has 2 aromatic rings. The highest BCUT2D eigenvalue weighted by atomic mass is 16.2. The summed E-state index contributed by atoms with van der Waals surface area (Å²) in [6, 6.07) is 11.3. The molecule has 0 radical (unpaired) electrons. The molecule has 0 unspecified atom stereocenters. The van der Waals surface area contributed by atoms with Crippen LogP contribution in [-0.2, 0) is 9.59 Å². The van der Waals surface area contributed by atoms with Crippen molar-refractivity contribution < 1.29 is 9.59 Å². The van der Waals surface area contributed by atoms with Crippen LogP contribution < -0.4 is 10.7 Å². The summed E-state index contributed by atoms with van der Waals surface area (Å²) in [4.78, 5) is 23.7. The van der Waals surface area contributed by atoms with E-state index in [1.54, 1.807) is 18.3 Å². The van der Waals surface area contributed by atoms with Crippen LogP contribution in [-0.4, -0.2) is 18.0 Å². The Hall–Kier alpha value is -2.95. The first-order valence-electron chi connectivity index (χ1n) is 7.65. The first kappa shape index (κ1) is 17.4. The van der Waals surface area contributed by atoms with Gasteiger partial charge in [-0.3, -0.25) is 9.59 Å². The molecular formula is C19H21N3O2. The molecule has 2 amide bonds. The Labute approximate surface area is 141 Å². The second-order valence-electron chi connectivity index (χ2n) is 5.84. The Bertz CT molecular complexity index is 787. The summed E-state index contributed by atoms with van der Waals surface area (Å²) in [5.74, 6) is -1.56. The summed E-state index contributed by atoms with van der Waals surface area (Å²) >= 11 is 0. The molecule has 124 valence electrons. The molecule has 0 aliphatic heterocycles. The lowest BCUT2D eigenvalue weighted by Crippen LogP contribution is -2.32. The number of hydrogen-bond donors (Lipinski definition) is 2. The average molecular weight is 323 g/mol. The highest BCUT2D eigenvalue weighted by molar-refractivity contribution is 6.39. The summed E-state index contributed by atoms with van der Waals surface area (Å²) < 4.78 is 0. The van der Waals surface area contributed by atoms with E-state index in [2.05, 4.69) is 15.8 Å². The van der Waals surface area contributed by atoms with Crippen molar-refractivity contribution in [1.29, 1.82) is 0 Å². The summed E-state index contributed by atoms with van der Waals surface area (Å²) in [5, 5.41) is 6.42. The largest absolute Gasteiger partial charge is 0.329 e. The first-order valence-corrected chi connectivity index (χ1v) is 7.65. The third kappa shape index (κ3) is 4.52. The molecule has 0 aromatic heterocycles. The molecule has 0 fully saturated rings. The van der Waals surface area contributed by atoms with Crippen LogP contribution in [0.2, 0.25) is 0 Å². The number of hydrogen-bond acceptors (Lipinski definition) is 3. The maximum absolute atomic E-state index is 11.8. The molecule has 5 heteroatoms. The van der Waals surface area contributed by atoms with Crippen LogP contribution in [0, 0.1) is 27.7 Å². The van der Waals surface area contributed by atoms with Gasteiger partial charge in [-0.1, -0.05) is 29.8 Å². The highest BCUT2D eigenvalue weighted by Crippen LogP contribution is 2.14. The predicted octanol–water partition coefficient (Wildman–Crippen LogP) is 3.01. The van der Waals surface area contributed by atoms with Gasteiger partial charge < -0.3 is 5.32 Å². The summed E-state index contributed by atoms with van der Waals surface area (Å²) in [5.41, 5.74) is 8.05. The molecule has 0 aliphatic carbocycles. The van der Waals surface area contributed by atoms with Gasteiger partial charge in [0.05, 0.1) is 6.21 Å². The molecule has 0 aliphatic rings. The zero-order chi connectivity index (χ0) is 17.7. The molecule has 0 saturated carbocycles. The van der Waals surface area contributed by atoms with Gasteiger partial charge in [-0.25, -0.2) is 5.43 Å². The number of aryl methyl sites for hydroxylation is 4. The molecule has 2 N–H and O–H groups in total. The van der Waals surface area contributed by atoms with Crippen molar-refractivity contribution in [3.63, 3.8) is 0 Å². The van der Waals surface area contributed by atoms with Gasteiger partial charge in [0.15, 0.2) is 0 Å². The lowest BCUT2D eigenvalue weighted by atomic mass is 10.0. The zero-order valence-electron chi connectivity index (χ0n) is 14.3. The minimum absolute atomic E-state index is 0.573. The molecule has 24 heavy (non-hydrogen) atoms. The Morgan fingerprint density at radius 2 is 1.58 bits per heavy atom. The van der Waals surface area contributed by atoms with Crippen LogP contribution in [0.15, 0.2) is 41.5 Å². The minimum atomic E-state index is -0.810. The molecule has 0 spiro atoms. The van der Waals surface area contributed by atoms with E-state index in [9.17, 15) is 9.59 Å². The van der Waals surface area contributed by atoms with Gasteiger partial charge in [-0.05, 0) is 56.5 Å². The van der Waals surface area contributed by atoms with Crippen molar-refractivity contribution in [3.8, 4) is 0 Å². The molecule has 0 bridgehead atoms. The third-order valence-corrected chi connectivity index (χ3v) is 3.58. The Morgan fingerprint density at radius 3 is 2.21 bits per heavy atom. The van der Waals surface area contributed by atoms with Crippen molar-refractivity contribution in [3.05, 3.63) is 64.2 Å². The molecule has 5 nitrogen and oxygen atoms in total. The first-order chi connectivity index (χ1) is 11.4. The number of carbonyl (C=O) groups is 2. The van der Waals surface area contributed by atoms with Gasteiger partial charge >= 0.3 is 11.8 Å². The van der Waals surface area contributed by atoms with Crippen LogP contribution >= 0.6 is 0 Å². The Balaban J connectivity index is 1.99. The van der Waals surface area contributed by atoms with Gasteiger partial charge in [0.25, 0.3) is 0 Å². The van der Waals surface area contributed by atoms with Crippen molar-refractivity contribution in [1.82, 2.24) is 5.43 Å². The van der Waals surface area contributed by atoms with Crippen LogP contribution in [0.5, 0.6) is 0 Å². The van der Waals surface area contributed by atoms with Crippen molar-refractivity contribution in [2.45, 2.75) is 27.7 Å². The van der Waals surface area contributed by atoms with E-state index in [0.717, 1.165) is 22.3 Å². The van der Waals surface area contributed by atoms with E-state index in [1.807, 2.05) is 52.0 Å². The van der Waals surface area contributed by atoms with Gasteiger partial charge in [-0.2, -0.15) is 5.10 Å². The second-order valence-corrected chi connectivity index (χ2v) is 5.84. The maximum atomic E-state index is 11.8. The summed E-state index contributed by atoms with van der Waals surface area (Å²) in [6.07, 6.45) is 1.56. The quantitative estimate of drug-likeness (QED) is 0.518. The number of anilines is 1. The smallest absolute Gasteiger partial charge is 0.318 e. The molecule has 0 heterocycles. The van der Waals surface area contributed by atoms with Gasteiger partial charge in [0.2, 0.25) is 0 Å². The Morgan fingerprint density at radius 1 is 0.917 bits per heavy atom. The van der Waals surface area contributed by atoms with Gasteiger partial charge in [0, 0.05) is 11.3 Å². The number of nitrogens with one attached hydrogen (secondary N) is 2. The van der Waals surface area contributed by atoms with E-state index in [1.165, 1.54) is 5.56 Å². The fourth-order valence-electron chi connectivity index (χ4n) is 2.51. The summed E-state index contributed by atoms with van der Waals surface area (Å²) in [6.45, 7) is 7.89. The van der Waals surface area contributed by atoms with Gasteiger partial charge in [0.1, 0.15) is 0 Å². The third-order valence-electron chi connectivity index (χ3n) is 3.58. The zero-order valence-corrected chi connectivity index (χ0v) is 14.3. The molecule has 0 saturated heterocycles. The van der Waals surface area contributed by atoms with Crippen LogP contribution in [0.1, 0.15) is 27.8 Å². The fraction of sp³-hybridized carbons (Fsp3) is 0.211. The molecule has 2 rings (SSSR count). The van der Waals surface area contributed by atoms with E-state index in [0.29, 0.717) is 5.69 Å².